The standard InChI is InChI=1S/C12H14F3N3O/c13-12(14,15)9-3-1-2-4-10(9)17-11(19)18-6-5-8(16)7-18/h1-4,8H,5-7,16H2,(H,17,19). The largest absolute Gasteiger partial charge is 0.418 e. The zero-order valence-corrected chi connectivity index (χ0v) is 10.1. The molecule has 1 aliphatic rings. The minimum absolute atomic E-state index is 0.108. The lowest BCUT2D eigenvalue weighted by molar-refractivity contribution is -0.136. The van der Waals surface area contributed by atoms with Gasteiger partial charge in [0.25, 0.3) is 0 Å². The summed E-state index contributed by atoms with van der Waals surface area (Å²) in [7, 11) is 0. The van der Waals surface area contributed by atoms with Gasteiger partial charge in [-0.1, -0.05) is 12.1 Å². The molecule has 104 valence electrons. The summed E-state index contributed by atoms with van der Waals surface area (Å²) in [4.78, 5) is 13.2. The molecule has 0 radical (unpaired) electrons. The minimum atomic E-state index is -4.49. The average Bonchev–Trinajstić information content (AvgIpc) is 2.75. The zero-order chi connectivity index (χ0) is 14.0. The molecule has 4 nitrogen and oxygen atoms in total. The highest BCUT2D eigenvalue weighted by Crippen LogP contribution is 2.34. The SMILES string of the molecule is NC1CCN(C(=O)Nc2ccccc2C(F)(F)F)C1. The van der Waals surface area contributed by atoms with Gasteiger partial charge in [0.05, 0.1) is 11.3 Å². The Hall–Kier alpha value is -1.76. The van der Waals surface area contributed by atoms with Crippen molar-refractivity contribution < 1.29 is 18.0 Å². The highest BCUT2D eigenvalue weighted by molar-refractivity contribution is 5.90. The van der Waals surface area contributed by atoms with Crippen LogP contribution in [0, 0.1) is 0 Å². The third-order valence-electron chi connectivity index (χ3n) is 2.99. The van der Waals surface area contributed by atoms with Crippen LogP contribution in [-0.2, 0) is 6.18 Å². The Morgan fingerprint density at radius 2 is 2.05 bits per heavy atom. The molecule has 1 saturated heterocycles. The lowest BCUT2D eigenvalue weighted by Crippen LogP contribution is -2.35. The van der Waals surface area contributed by atoms with Crippen LogP contribution in [0.15, 0.2) is 24.3 Å². The number of rotatable bonds is 1. The number of carbonyl (C=O) groups excluding carboxylic acids is 1. The van der Waals surface area contributed by atoms with Gasteiger partial charge in [0.2, 0.25) is 0 Å². The second kappa shape index (κ2) is 5.08. The summed E-state index contributed by atoms with van der Waals surface area (Å²) < 4.78 is 38.3. The molecule has 1 fully saturated rings. The predicted octanol–water partition coefficient (Wildman–Crippen LogP) is 2.27. The summed E-state index contributed by atoms with van der Waals surface area (Å²) in [6, 6.07) is 4.24. The summed E-state index contributed by atoms with van der Waals surface area (Å²) in [5.74, 6) is 0. The molecule has 19 heavy (non-hydrogen) atoms. The fraction of sp³-hybridized carbons (Fsp3) is 0.417. The highest BCUT2D eigenvalue weighted by atomic mass is 19.4. The molecule has 1 heterocycles. The van der Waals surface area contributed by atoms with E-state index in [-0.39, 0.29) is 11.7 Å². The normalized spacial score (nSPS) is 19.6. The van der Waals surface area contributed by atoms with E-state index in [2.05, 4.69) is 5.32 Å². The molecule has 0 spiro atoms. The molecule has 0 aromatic heterocycles. The molecule has 0 aliphatic carbocycles. The van der Waals surface area contributed by atoms with E-state index in [1.807, 2.05) is 0 Å². The zero-order valence-electron chi connectivity index (χ0n) is 10.1. The van der Waals surface area contributed by atoms with Crippen molar-refractivity contribution in [2.45, 2.75) is 18.6 Å². The maximum absolute atomic E-state index is 12.8. The fourth-order valence-corrected chi connectivity index (χ4v) is 2.01. The number of benzene rings is 1. The van der Waals surface area contributed by atoms with Gasteiger partial charge < -0.3 is 16.0 Å². The van der Waals surface area contributed by atoms with E-state index in [1.165, 1.54) is 23.1 Å². The number of nitrogens with zero attached hydrogens (tertiary/aromatic N) is 1. The van der Waals surface area contributed by atoms with Gasteiger partial charge in [-0.25, -0.2) is 4.79 Å². The fourth-order valence-electron chi connectivity index (χ4n) is 2.01. The van der Waals surface area contributed by atoms with Crippen LogP contribution < -0.4 is 11.1 Å². The van der Waals surface area contributed by atoms with E-state index in [4.69, 9.17) is 5.73 Å². The van der Waals surface area contributed by atoms with E-state index >= 15 is 0 Å². The Morgan fingerprint density at radius 3 is 2.63 bits per heavy atom. The first-order valence-corrected chi connectivity index (χ1v) is 5.85. The Balaban J connectivity index is 2.13. The number of amides is 2. The van der Waals surface area contributed by atoms with Gasteiger partial charge in [-0.15, -0.1) is 0 Å². The van der Waals surface area contributed by atoms with Gasteiger partial charge >= 0.3 is 12.2 Å². The number of para-hydroxylation sites is 1. The quantitative estimate of drug-likeness (QED) is 0.824. The molecular weight excluding hydrogens is 259 g/mol. The van der Waals surface area contributed by atoms with Crippen molar-refractivity contribution in [3.05, 3.63) is 29.8 Å². The van der Waals surface area contributed by atoms with Crippen molar-refractivity contribution in [1.82, 2.24) is 4.90 Å². The van der Waals surface area contributed by atoms with Gasteiger partial charge in [-0.2, -0.15) is 13.2 Å². The van der Waals surface area contributed by atoms with Crippen molar-refractivity contribution in [3.8, 4) is 0 Å². The van der Waals surface area contributed by atoms with E-state index in [1.54, 1.807) is 0 Å². The molecular formula is C12H14F3N3O. The van der Waals surface area contributed by atoms with Gasteiger partial charge in [-0.3, -0.25) is 0 Å². The second-order valence-corrected chi connectivity index (χ2v) is 4.47. The summed E-state index contributed by atoms with van der Waals surface area (Å²) >= 11 is 0. The summed E-state index contributed by atoms with van der Waals surface area (Å²) in [6.45, 7) is 0.821. The summed E-state index contributed by atoms with van der Waals surface area (Å²) in [5, 5.41) is 2.29. The van der Waals surface area contributed by atoms with E-state index in [0.717, 1.165) is 6.07 Å². The minimum Gasteiger partial charge on any atom is -0.326 e. The molecule has 2 rings (SSSR count). The molecule has 1 unspecified atom stereocenters. The van der Waals surface area contributed by atoms with Crippen LogP contribution >= 0.6 is 0 Å². The highest BCUT2D eigenvalue weighted by Gasteiger charge is 2.34. The van der Waals surface area contributed by atoms with Gasteiger partial charge in [0.1, 0.15) is 0 Å². The first-order chi connectivity index (χ1) is 8.88. The maximum Gasteiger partial charge on any atom is 0.418 e. The predicted molar refractivity (Wildman–Crippen MR) is 64.6 cm³/mol. The second-order valence-electron chi connectivity index (χ2n) is 4.47. The molecule has 2 amide bonds. The van der Waals surface area contributed by atoms with Crippen LogP contribution in [0.3, 0.4) is 0 Å². The number of hydrogen-bond donors (Lipinski definition) is 2. The first-order valence-electron chi connectivity index (χ1n) is 5.85. The van der Waals surface area contributed by atoms with Crippen molar-refractivity contribution in [2.75, 3.05) is 18.4 Å². The third-order valence-corrected chi connectivity index (χ3v) is 2.99. The average molecular weight is 273 g/mol. The van der Waals surface area contributed by atoms with Crippen LogP contribution in [0.4, 0.5) is 23.7 Å². The Kier molecular flexibility index (Phi) is 3.66. The van der Waals surface area contributed by atoms with Crippen molar-refractivity contribution >= 4 is 11.7 Å². The molecule has 0 bridgehead atoms. The summed E-state index contributed by atoms with van der Waals surface area (Å²) in [5.41, 5.74) is 4.56. The van der Waals surface area contributed by atoms with Crippen molar-refractivity contribution in [2.24, 2.45) is 5.73 Å². The van der Waals surface area contributed by atoms with Crippen molar-refractivity contribution in [3.63, 3.8) is 0 Å². The molecule has 3 N–H and O–H groups in total. The molecule has 7 heteroatoms. The number of urea groups is 1. The summed E-state index contributed by atoms with van der Waals surface area (Å²) in [6.07, 6.45) is -3.83. The van der Waals surface area contributed by atoms with Crippen LogP contribution in [0.25, 0.3) is 0 Å². The molecule has 1 aliphatic heterocycles. The number of hydrogen-bond acceptors (Lipinski definition) is 2. The van der Waals surface area contributed by atoms with Crippen LogP contribution in [-0.4, -0.2) is 30.1 Å². The Bertz CT molecular complexity index is 476. The molecule has 1 aromatic rings. The van der Waals surface area contributed by atoms with Gasteiger partial charge in [-0.05, 0) is 18.6 Å². The number of halogens is 3. The monoisotopic (exact) mass is 273 g/mol. The van der Waals surface area contributed by atoms with Gasteiger partial charge in [0, 0.05) is 19.1 Å². The lowest BCUT2D eigenvalue weighted by atomic mass is 10.1. The molecule has 1 atom stereocenters. The number of alkyl halides is 3. The Labute approximate surface area is 108 Å². The number of likely N-dealkylation sites (tertiary alicyclic amines) is 1. The van der Waals surface area contributed by atoms with Crippen LogP contribution in [0.1, 0.15) is 12.0 Å². The molecule has 0 saturated carbocycles. The molecule has 1 aromatic carbocycles. The smallest absolute Gasteiger partial charge is 0.326 e. The number of carbonyl (C=O) groups is 1. The van der Waals surface area contributed by atoms with E-state index in [9.17, 15) is 18.0 Å². The van der Waals surface area contributed by atoms with E-state index < -0.39 is 17.8 Å². The number of nitrogens with two attached hydrogens (primary N) is 1. The van der Waals surface area contributed by atoms with Gasteiger partial charge in [0.15, 0.2) is 0 Å². The number of nitrogens with one attached hydrogen (secondary N) is 1. The van der Waals surface area contributed by atoms with Crippen LogP contribution in [0.5, 0.6) is 0 Å². The van der Waals surface area contributed by atoms with Crippen LogP contribution in [0.2, 0.25) is 0 Å². The lowest BCUT2D eigenvalue weighted by Gasteiger charge is -2.19. The third kappa shape index (κ3) is 3.17. The maximum atomic E-state index is 12.8. The first kappa shape index (κ1) is 13.7. The van der Waals surface area contributed by atoms with Crippen molar-refractivity contribution in [1.29, 1.82) is 0 Å². The Morgan fingerprint density at radius 1 is 1.37 bits per heavy atom. The van der Waals surface area contributed by atoms with E-state index in [0.29, 0.717) is 19.5 Å². The number of anilines is 1. The topological polar surface area (TPSA) is 58.4 Å².